The maximum absolute atomic E-state index is 13.5. The lowest BCUT2D eigenvalue weighted by Gasteiger charge is -2.13. The van der Waals surface area contributed by atoms with Gasteiger partial charge < -0.3 is 19.6 Å². The molecule has 2 heterocycles. The summed E-state index contributed by atoms with van der Waals surface area (Å²) in [4.78, 5) is 29.4. The standard InChI is InChI=1S/C27H21IN4O5/c1-2-35-22-12-16(11-19(28)25(22)36-15-24(29)33)14-30-32-26(23-13-17-7-3-6-10-21(17)37-23)31-20-9-5-4-8-18(20)27(32)34/h3-14H,2,15H2,1H3,(H2,29,33). The first kappa shape index (κ1) is 24.5. The topological polar surface area (TPSA) is 122 Å². The highest BCUT2D eigenvalue weighted by Crippen LogP contribution is 2.34. The summed E-state index contributed by atoms with van der Waals surface area (Å²) < 4.78 is 19.2. The number of carbonyl (C=O) groups is 1. The quantitative estimate of drug-likeness (QED) is 0.204. The first-order chi connectivity index (χ1) is 17.9. The Morgan fingerprint density at radius 3 is 2.70 bits per heavy atom. The number of primary amides is 1. The zero-order valence-corrected chi connectivity index (χ0v) is 21.8. The van der Waals surface area contributed by atoms with Crippen molar-refractivity contribution in [1.29, 1.82) is 0 Å². The van der Waals surface area contributed by atoms with Crippen LogP contribution in [-0.4, -0.2) is 35.0 Å². The van der Waals surface area contributed by atoms with Gasteiger partial charge in [-0.2, -0.15) is 9.78 Å². The fourth-order valence-corrected chi connectivity index (χ4v) is 4.60. The monoisotopic (exact) mass is 608 g/mol. The summed E-state index contributed by atoms with van der Waals surface area (Å²) in [5.74, 6) is 0.938. The van der Waals surface area contributed by atoms with Crippen LogP contribution >= 0.6 is 22.6 Å². The van der Waals surface area contributed by atoms with Gasteiger partial charge in [0.05, 0.1) is 27.3 Å². The SMILES string of the molecule is CCOc1cc(C=Nn2c(-c3cc4ccccc4o3)nc3ccccc3c2=O)cc(I)c1OCC(N)=O. The molecule has 0 fully saturated rings. The molecule has 9 nitrogen and oxygen atoms in total. The van der Waals surface area contributed by atoms with Crippen molar-refractivity contribution in [3.63, 3.8) is 0 Å². The number of nitrogens with zero attached hydrogens (tertiary/aromatic N) is 3. The molecule has 2 aromatic heterocycles. The van der Waals surface area contributed by atoms with Crippen LogP contribution in [-0.2, 0) is 4.79 Å². The highest BCUT2D eigenvalue weighted by molar-refractivity contribution is 14.1. The maximum atomic E-state index is 13.5. The number of hydrogen-bond donors (Lipinski definition) is 1. The minimum atomic E-state index is -0.592. The molecule has 5 rings (SSSR count). The van der Waals surface area contributed by atoms with Crippen LogP contribution in [0.2, 0.25) is 0 Å². The van der Waals surface area contributed by atoms with Crippen molar-refractivity contribution in [3.8, 4) is 23.1 Å². The maximum Gasteiger partial charge on any atom is 0.282 e. The zero-order valence-electron chi connectivity index (χ0n) is 19.7. The van der Waals surface area contributed by atoms with E-state index in [9.17, 15) is 9.59 Å². The highest BCUT2D eigenvalue weighted by Gasteiger charge is 2.17. The molecule has 2 N–H and O–H groups in total. The van der Waals surface area contributed by atoms with Crippen molar-refractivity contribution in [1.82, 2.24) is 9.66 Å². The van der Waals surface area contributed by atoms with Gasteiger partial charge in [-0.25, -0.2) is 4.98 Å². The third-order valence-electron chi connectivity index (χ3n) is 5.41. The number of aromatic nitrogens is 2. The Balaban J connectivity index is 1.63. The lowest BCUT2D eigenvalue weighted by atomic mass is 10.2. The minimum Gasteiger partial charge on any atom is -0.490 e. The van der Waals surface area contributed by atoms with Gasteiger partial charge in [0.15, 0.2) is 23.9 Å². The van der Waals surface area contributed by atoms with Gasteiger partial charge in [-0.1, -0.05) is 30.3 Å². The Kier molecular flexibility index (Phi) is 6.91. The van der Waals surface area contributed by atoms with E-state index in [1.807, 2.05) is 43.3 Å². The molecule has 0 unspecified atom stereocenters. The number of hydrogen-bond acceptors (Lipinski definition) is 7. The molecule has 0 aliphatic carbocycles. The van der Waals surface area contributed by atoms with Crippen LogP contribution in [0.5, 0.6) is 11.5 Å². The van der Waals surface area contributed by atoms with Gasteiger partial charge in [-0.3, -0.25) is 9.59 Å². The van der Waals surface area contributed by atoms with Crippen LogP contribution in [0.4, 0.5) is 0 Å². The third-order valence-corrected chi connectivity index (χ3v) is 6.21. The Hall–Kier alpha value is -4.19. The normalized spacial score (nSPS) is 11.4. The van der Waals surface area contributed by atoms with Crippen LogP contribution in [0.15, 0.2) is 81.0 Å². The van der Waals surface area contributed by atoms with E-state index < -0.39 is 5.91 Å². The predicted octanol–water partition coefficient (Wildman–Crippen LogP) is 4.56. The zero-order chi connectivity index (χ0) is 25.9. The number of carbonyl (C=O) groups excluding carboxylic acids is 1. The number of para-hydroxylation sites is 2. The smallest absolute Gasteiger partial charge is 0.282 e. The van der Waals surface area contributed by atoms with E-state index in [1.54, 1.807) is 30.3 Å². The van der Waals surface area contributed by atoms with E-state index >= 15 is 0 Å². The third kappa shape index (κ3) is 5.05. The lowest BCUT2D eigenvalue weighted by molar-refractivity contribution is -0.119. The van der Waals surface area contributed by atoms with E-state index in [-0.39, 0.29) is 18.0 Å². The van der Waals surface area contributed by atoms with E-state index in [4.69, 9.17) is 24.6 Å². The molecule has 5 aromatic rings. The van der Waals surface area contributed by atoms with Crippen molar-refractivity contribution in [2.24, 2.45) is 10.8 Å². The van der Waals surface area contributed by atoms with Gasteiger partial charge in [0.1, 0.15) is 5.58 Å². The fourth-order valence-electron chi connectivity index (χ4n) is 3.82. The van der Waals surface area contributed by atoms with Gasteiger partial charge in [0.25, 0.3) is 11.5 Å². The lowest BCUT2D eigenvalue weighted by Crippen LogP contribution is -2.21. The summed E-state index contributed by atoms with van der Waals surface area (Å²) in [6.45, 7) is 1.95. The average molecular weight is 608 g/mol. The molecule has 0 aliphatic rings. The molecule has 0 spiro atoms. The Morgan fingerprint density at radius 2 is 1.92 bits per heavy atom. The summed E-state index contributed by atoms with van der Waals surface area (Å²) in [5, 5.41) is 5.82. The van der Waals surface area contributed by atoms with Crippen molar-refractivity contribution < 1.29 is 18.7 Å². The fraction of sp³-hybridized carbons (Fsp3) is 0.111. The van der Waals surface area contributed by atoms with Crippen LogP contribution < -0.4 is 20.8 Å². The van der Waals surface area contributed by atoms with Crippen molar-refractivity contribution in [2.45, 2.75) is 6.92 Å². The van der Waals surface area contributed by atoms with Crippen molar-refractivity contribution >= 4 is 56.6 Å². The number of ether oxygens (including phenoxy) is 2. The average Bonchev–Trinajstić information content (AvgIpc) is 3.32. The first-order valence-electron chi connectivity index (χ1n) is 11.4. The summed E-state index contributed by atoms with van der Waals surface area (Å²) in [7, 11) is 0. The van der Waals surface area contributed by atoms with E-state index in [2.05, 4.69) is 27.7 Å². The second kappa shape index (κ2) is 10.4. The number of furan rings is 1. The molecule has 0 saturated carbocycles. The summed E-state index contributed by atoms with van der Waals surface area (Å²) in [5.41, 5.74) is 6.75. The van der Waals surface area contributed by atoms with Crippen LogP contribution in [0.1, 0.15) is 12.5 Å². The number of nitrogens with two attached hydrogens (primary N) is 1. The Morgan fingerprint density at radius 1 is 1.14 bits per heavy atom. The molecule has 10 heteroatoms. The predicted molar refractivity (Wildman–Crippen MR) is 149 cm³/mol. The number of amides is 1. The van der Waals surface area contributed by atoms with Gasteiger partial charge in [0.2, 0.25) is 5.82 Å². The second-order valence-corrected chi connectivity index (χ2v) is 9.14. The minimum absolute atomic E-state index is 0.275. The summed E-state index contributed by atoms with van der Waals surface area (Å²) in [6.07, 6.45) is 1.53. The molecule has 0 aliphatic heterocycles. The summed E-state index contributed by atoms with van der Waals surface area (Å²) in [6, 6.07) is 20.0. The number of fused-ring (bicyclic) bond motifs is 2. The van der Waals surface area contributed by atoms with Gasteiger partial charge >= 0.3 is 0 Å². The second-order valence-electron chi connectivity index (χ2n) is 7.98. The van der Waals surface area contributed by atoms with Gasteiger partial charge in [0, 0.05) is 5.39 Å². The van der Waals surface area contributed by atoms with Crippen LogP contribution in [0.25, 0.3) is 33.5 Å². The first-order valence-corrected chi connectivity index (χ1v) is 12.4. The van der Waals surface area contributed by atoms with Gasteiger partial charge in [-0.05, 0) is 71.5 Å². The molecule has 0 radical (unpaired) electrons. The molecular weight excluding hydrogens is 587 g/mol. The number of benzene rings is 3. The molecule has 186 valence electrons. The Labute approximate surface area is 224 Å². The van der Waals surface area contributed by atoms with E-state index in [1.165, 1.54) is 10.9 Å². The molecule has 37 heavy (non-hydrogen) atoms. The largest absolute Gasteiger partial charge is 0.490 e. The number of rotatable bonds is 8. The molecule has 0 saturated heterocycles. The van der Waals surface area contributed by atoms with Crippen molar-refractivity contribution in [2.75, 3.05) is 13.2 Å². The van der Waals surface area contributed by atoms with Crippen molar-refractivity contribution in [3.05, 3.63) is 86.2 Å². The molecule has 3 aromatic carbocycles. The van der Waals surface area contributed by atoms with Gasteiger partial charge in [-0.15, -0.1) is 0 Å². The molecular formula is C27H21IN4O5. The van der Waals surface area contributed by atoms with Crippen LogP contribution in [0.3, 0.4) is 0 Å². The van der Waals surface area contributed by atoms with Crippen LogP contribution in [0, 0.1) is 3.57 Å². The molecule has 1 amide bonds. The Bertz CT molecular complexity index is 1690. The summed E-state index contributed by atoms with van der Waals surface area (Å²) >= 11 is 2.08. The highest BCUT2D eigenvalue weighted by atomic mass is 127. The molecule has 0 atom stereocenters. The molecule has 0 bridgehead atoms. The van der Waals surface area contributed by atoms with E-state index in [0.717, 1.165) is 5.39 Å². The van der Waals surface area contributed by atoms with E-state index in [0.29, 0.717) is 49.5 Å². The number of halogens is 1.